The Bertz CT molecular complexity index is 790. The molecular formula is C16H20N4O3S. The summed E-state index contributed by atoms with van der Waals surface area (Å²) in [5.41, 5.74) is 0.846. The Hall–Kier alpha value is -2.19. The summed E-state index contributed by atoms with van der Waals surface area (Å²) in [4.78, 5) is 12.8. The number of carbonyl (C=O) groups is 1. The molecule has 1 aliphatic heterocycles. The lowest BCUT2D eigenvalue weighted by molar-refractivity contribution is -0.124. The summed E-state index contributed by atoms with van der Waals surface area (Å²) in [5, 5.41) is 9.43. The zero-order valence-corrected chi connectivity index (χ0v) is 14.2. The summed E-state index contributed by atoms with van der Waals surface area (Å²) in [7, 11) is -3.67. The third-order valence-corrected chi connectivity index (χ3v) is 6.16. The highest BCUT2D eigenvalue weighted by Gasteiger charge is 2.39. The van der Waals surface area contributed by atoms with Gasteiger partial charge in [-0.05, 0) is 31.9 Å². The van der Waals surface area contributed by atoms with E-state index in [0.717, 1.165) is 5.56 Å². The number of nitrogens with zero attached hydrogens (tertiary/aromatic N) is 2. The van der Waals surface area contributed by atoms with Gasteiger partial charge in [-0.1, -0.05) is 18.2 Å². The van der Waals surface area contributed by atoms with E-state index < -0.39 is 16.1 Å². The van der Waals surface area contributed by atoms with Crippen molar-refractivity contribution in [2.45, 2.75) is 36.7 Å². The van der Waals surface area contributed by atoms with Crippen molar-refractivity contribution >= 4 is 15.9 Å². The molecule has 2 heterocycles. The predicted molar refractivity (Wildman–Crippen MR) is 88.5 cm³/mol. The van der Waals surface area contributed by atoms with Gasteiger partial charge in [0.25, 0.3) is 0 Å². The van der Waals surface area contributed by atoms with E-state index in [1.165, 1.54) is 4.31 Å². The van der Waals surface area contributed by atoms with E-state index in [-0.39, 0.29) is 16.8 Å². The van der Waals surface area contributed by atoms with Gasteiger partial charge < -0.3 is 5.32 Å². The summed E-state index contributed by atoms with van der Waals surface area (Å²) in [6.07, 6.45) is 4.54. The molecule has 1 saturated heterocycles. The van der Waals surface area contributed by atoms with Crippen LogP contribution >= 0.6 is 0 Å². The maximum Gasteiger partial charge on any atom is 0.243 e. The van der Waals surface area contributed by atoms with E-state index >= 15 is 0 Å². The quantitative estimate of drug-likeness (QED) is 0.855. The van der Waals surface area contributed by atoms with Gasteiger partial charge in [0.1, 0.15) is 6.04 Å². The van der Waals surface area contributed by atoms with E-state index in [9.17, 15) is 13.2 Å². The lowest BCUT2D eigenvalue weighted by Crippen LogP contribution is -2.46. The highest BCUT2D eigenvalue weighted by Crippen LogP contribution is 2.26. The molecule has 2 N–H and O–H groups in total. The van der Waals surface area contributed by atoms with Crippen molar-refractivity contribution < 1.29 is 13.2 Å². The van der Waals surface area contributed by atoms with Gasteiger partial charge >= 0.3 is 0 Å². The summed E-state index contributed by atoms with van der Waals surface area (Å²) >= 11 is 0. The predicted octanol–water partition coefficient (Wildman–Crippen LogP) is 1.44. The molecule has 1 aliphatic rings. The first-order chi connectivity index (χ1) is 11.5. The third kappa shape index (κ3) is 3.20. The standard InChI is InChI=1S/C16H20N4O3S/c1-12(13-10-17-18-11-13)19-16(21)15-8-5-9-20(15)24(22,23)14-6-3-2-4-7-14/h2-4,6-7,10-12,15H,5,8-9H2,1H3,(H,17,18)(H,19,21)/t12-,15-/m0/s1. The number of hydrogen-bond acceptors (Lipinski definition) is 4. The molecule has 0 saturated carbocycles. The Morgan fingerprint density at radius 3 is 2.79 bits per heavy atom. The van der Waals surface area contributed by atoms with Crippen LogP contribution in [0.25, 0.3) is 0 Å². The van der Waals surface area contributed by atoms with Crippen LogP contribution < -0.4 is 5.32 Å². The van der Waals surface area contributed by atoms with Gasteiger partial charge in [0.05, 0.1) is 17.1 Å². The average Bonchev–Trinajstić information content (AvgIpc) is 3.27. The number of amides is 1. The molecule has 7 nitrogen and oxygen atoms in total. The number of benzene rings is 1. The molecule has 128 valence electrons. The van der Waals surface area contributed by atoms with Crippen molar-refractivity contribution in [3.05, 3.63) is 48.3 Å². The van der Waals surface area contributed by atoms with Crippen LogP contribution in [0.1, 0.15) is 31.4 Å². The van der Waals surface area contributed by atoms with Crippen LogP contribution in [0, 0.1) is 0 Å². The zero-order valence-electron chi connectivity index (χ0n) is 13.3. The van der Waals surface area contributed by atoms with Gasteiger partial charge in [0, 0.05) is 18.3 Å². The van der Waals surface area contributed by atoms with Gasteiger partial charge in [-0.2, -0.15) is 9.40 Å². The van der Waals surface area contributed by atoms with E-state index in [1.54, 1.807) is 42.7 Å². The van der Waals surface area contributed by atoms with Crippen LogP contribution in [0.15, 0.2) is 47.6 Å². The van der Waals surface area contributed by atoms with Crippen molar-refractivity contribution in [1.82, 2.24) is 19.8 Å². The first kappa shape index (κ1) is 16.7. The monoisotopic (exact) mass is 348 g/mol. The minimum atomic E-state index is -3.67. The molecular weight excluding hydrogens is 328 g/mol. The highest BCUT2D eigenvalue weighted by molar-refractivity contribution is 7.89. The van der Waals surface area contributed by atoms with Crippen LogP contribution in [0.4, 0.5) is 0 Å². The first-order valence-electron chi connectivity index (χ1n) is 7.86. The van der Waals surface area contributed by atoms with Crippen LogP contribution in [-0.4, -0.2) is 41.4 Å². The number of nitrogens with one attached hydrogen (secondary N) is 2. The van der Waals surface area contributed by atoms with Gasteiger partial charge in [-0.15, -0.1) is 0 Å². The number of H-pyrrole nitrogens is 1. The molecule has 2 atom stereocenters. The highest BCUT2D eigenvalue weighted by atomic mass is 32.2. The number of aromatic amines is 1. The molecule has 3 rings (SSSR count). The van der Waals surface area contributed by atoms with Gasteiger partial charge in [-0.3, -0.25) is 9.89 Å². The molecule has 0 unspecified atom stereocenters. The Morgan fingerprint density at radius 1 is 1.38 bits per heavy atom. The van der Waals surface area contributed by atoms with Crippen molar-refractivity contribution in [3.8, 4) is 0 Å². The number of aromatic nitrogens is 2. The average molecular weight is 348 g/mol. The molecule has 2 aromatic rings. The second kappa shape index (κ2) is 6.74. The van der Waals surface area contributed by atoms with E-state index in [4.69, 9.17) is 0 Å². The number of hydrogen-bond donors (Lipinski definition) is 2. The zero-order chi connectivity index (χ0) is 17.2. The molecule has 0 aliphatic carbocycles. The maximum absolute atomic E-state index is 12.8. The van der Waals surface area contributed by atoms with Crippen LogP contribution in [-0.2, 0) is 14.8 Å². The van der Waals surface area contributed by atoms with Crippen molar-refractivity contribution in [1.29, 1.82) is 0 Å². The lowest BCUT2D eigenvalue weighted by Gasteiger charge is -2.24. The molecule has 0 bridgehead atoms. The minimum Gasteiger partial charge on any atom is -0.348 e. The molecule has 1 fully saturated rings. The minimum absolute atomic E-state index is 0.215. The summed E-state index contributed by atoms with van der Waals surface area (Å²) in [6.45, 7) is 2.20. The molecule has 24 heavy (non-hydrogen) atoms. The maximum atomic E-state index is 12.8. The smallest absolute Gasteiger partial charge is 0.243 e. The van der Waals surface area contributed by atoms with Crippen molar-refractivity contribution in [3.63, 3.8) is 0 Å². The van der Waals surface area contributed by atoms with Gasteiger partial charge in [0.2, 0.25) is 15.9 Å². The number of rotatable bonds is 5. The second-order valence-corrected chi connectivity index (χ2v) is 7.74. The molecule has 0 spiro atoms. The molecule has 1 aromatic carbocycles. The summed E-state index contributed by atoms with van der Waals surface area (Å²) in [6, 6.07) is 7.31. The second-order valence-electron chi connectivity index (χ2n) is 5.85. The van der Waals surface area contributed by atoms with Crippen LogP contribution in [0.3, 0.4) is 0 Å². The fourth-order valence-electron chi connectivity index (χ4n) is 2.91. The van der Waals surface area contributed by atoms with E-state index in [0.29, 0.717) is 19.4 Å². The number of carbonyl (C=O) groups excluding carboxylic acids is 1. The summed E-state index contributed by atoms with van der Waals surface area (Å²) < 4.78 is 26.9. The van der Waals surface area contributed by atoms with Crippen molar-refractivity contribution in [2.24, 2.45) is 0 Å². The Morgan fingerprint density at radius 2 is 2.12 bits per heavy atom. The molecule has 1 aromatic heterocycles. The topological polar surface area (TPSA) is 95.2 Å². The Balaban J connectivity index is 1.77. The molecule has 0 radical (unpaired) electrons. The SMILES string of the molecule is C[C@H](NC(=O)[C@@H]1CCCN1S(=O)(=O)c1ccccc1)c1cn[nH]c1. The van der Waals surface area contributed by atoms with Gasteiger partial charge in [0.15, 0.2) is 0 Å². The third-order valence-electron chi connectivity index (χ3n) is 4.23. The van der Waals surface area contributed by atoms with Gasteiger partial charge in [-0.25, -0.2) is 8.42 Å². The fraction of sp³-hybridized carbons (Fsp3) is 0.375. The van der Waals surface area contributed by atoms with Crippen LogP contribution in [0.2, 0.25) is 0 Å². The van der Waals surface area contributed by atoms with E-state index in [1.807, 2.05) is 6.92 Å². The fourth-order valence-corrected chi connectivity index (χ4v) is 4.59. The van der Waals surface area contributed by atoms with Crippen LogP contribution in [0.5, 0.6) is 0 Å². The Kier molecular flexibility index (Phi) is 4.68. The van der Waals surface area contributed by atoms with E-state index in [2.05, 4.69) is 15.5 Å². The first-order valence-corrected chi connectivity index (χ1v) is 9.30. The molecule has 8 heteroatoms. The summed E-state index contributed by atoms with van der Waals surface area (Å²) in [5.74, 6) is -0.277. The number of sulfonamides is 1. The lowest BCUT2D eigenvalue weighted by atomic mass is 10.1. The molecule has 1 amide bonds. The largest absolute Gasteiger partial charge is 0.348 e. The van der Waals surface area contributed by atoms with Crippen molar-refractivity contribution in [2.75, 3.05) is 6.54 Å². The Labute approximate surface area is 141 Å². The normalized spacial score (nSPS) is 20.0.